The van der Waals surface area contributed by atoms with E-state index in [2.05, 4.69) is 15.3 Å². The molecule has 2 amide bonds. The van der Waals surface area contributed by atoms with Crippen LogP contribution in [0.15, 0.2) is 36.7 Å². The fourth-order valence-electron chi connectivity index (χ4n) is 3.39. The lowest BCUT2D eigenvalue weighted by atomic mass is 9.83. The number of aromatic nitrogens is 2. The lowest BCUT2D eigenvalue weighted by molar-refractivity contribution is 0.0233. The van der Waals surface area contributed by atoms with Gasteiger partial charge in [0.25, 0.3) is 11.8 Å². The number of anilines is 1. The molecular weight excluding hydrogens is 351 g/mol. The van der Waals surface area contributed by atoms with Crippen molar-refractivity contribution < 1.29 is 24.4 Å². The first kappa shape index (κ1) is 17.6. The molecule has 2 aliphatic rings. The molecule has 1 aromatic carbocycles. The zero-order valence-corrected chi connectivity index (χ0v) is 14.3. The summed E-state index contributed by atoms with van der Waals surface area (Å²) in [6, 6.07) is 5.98. The maximum absolute atomic E-state index is 12.8. The number of hydrogen-bond donors (Lipinski definition) is 3. The number of hydrogen-bond acceptors (Lipinski definition) is 8. The Morgan fingerprint density at radius 2 is 1.74 bits per heavy atom. The maximum Gasteiger partial charge on any atom is 0.491 e. The van der Waals surface area contributed by atoms with Crippen molar-refractivity contribution in [1.29, 1.82) is 0 Å². The second-order valence-corrected chi connectivity index (χ2v) is 6.42. The first-order valence-electron chi connectivity index (χ1n) is 8.55. The second kappa shape index (κ2) is 7.07. The fraction of sp³-hybridized carbons (Fsp3) is 0.294. The summed E-state index contributed by atoms with van der Waals surface area (Å²) in [6.45, 7) is 0.721. The number of rotatable bonds is 4. The molecule has 2 atom stereocenters. The molecule has 0 aliphatic carbocycles. The summed E-state index contributed by atoms with van der Waals surface area (Å²) in [5.41, 5.74) is 0.980. The number of fused-ring (bicyclic) bond motifs is 1. The number of ether oxygens (including phenoxy) is 1. The SMILES string of the molecule is O=C1c2ccccc2C(=O)N1[C@H]1CCOC[C@H]1Nc1ncc(B(O)O)cn1. The summed E-state index contributed by atoms with van der Waals surface area (Å²) in [6.07, 6.45) is 3.08. The van der Waals surface area contributed by atoms with Crippen LogP contribution in [0.3, 0.4) is 0 Å². The molecule has 4 rings (SSSR count). The molecular formula is C17H17BN4O5. The molecule has 0 saturated carbocycles. The average Bonchev–Trinajstić information content (AvgIpc) is 2.94. The van der Waals surface area contributed by atoms with Gasteiger partial charge in [-0.2, -0.15) is 0 Å². The Kier molecular flexibility index (Phi) is 4.60. The van der Waals surface area contributed by atoms with E-state index in [1.807, 2.05) is 0 Å². The summed E-state index contributed by atoms with van der Waals surface area (Å²) >= 11 is 0. The van der Waals surface area contributed by atoms with Crippen molar-refractivity contribution in [2.24, 2.45) is 0 Å². The number of nitrogens with one attached hydrogen (secondary N) is 1. The van der Waals surface area contributed by atoms with E-state index < -0.39 is 13.2 Å². The van der Waals surface area contributed by atoms with E-state index in [4.69, 9.17) is 14.8 Å². The Morgan fingerprint density at radius 3 is 2.33 bits per heavy atom. The van der Waals surface area contributed by atoms with Crippen LogP contribution in [-0.4, -0.2) is 69.1 Å². The molecule has 10 heteroatoms. The molecule has 0 spiro atoms. The highest BCUT2D eigenvalue weighted by Gasteiger charge is 2.43. The molecule has 2 aromatic rings. The van der Waals surface area contributed by atoms with Crippen molar-refractivity contribution in [1.82, 2.24) is 14.9 Å². The zero-order valence-electron chi connectivity index (χ0n) is 14.3. The summed E-state index contributed by atoms with van der Waals surface area (Å²) in [4.78, 5) is 34.9. The van der Waals surface area contributed by atoms with Crippen molar-refractivity contribution in [3.05, 3.63) is 47.8 Å². The largest absolute Gasteiger partial charge is 0.491 e. The van der Waals surface area contributed by atoms with Crippen molar-refractivity contribution >= 4 is 30.3 Å². The van der Waals surface area contributed by atoms with Gasteiger partial charge in [-0.3, -0.25) is 14.5 Å². The van der Waals surface area contributed by atoms with E-state index >= 15 is 0 Å². The number of imide groups is 1. The van der Waals surface area contributed by atoms with Crippen LogP contribution in [-0.2, 0) is 4.74 Å². The van der Waals surface area contributed by atoms with E-state index in [1.165, 1.54) is 17.3 Å². The number of benzene rings is 1. The highest BCUT2D eigenvalue weighted by molar-refractivity contribution is 6.58. The second-order valence-electron chi connectivity index (χ2n) is 6.42. The lowest BCUT2D eigenvalue weighted by Gasteiger charge is -2.36. The molecule has 0 bridgehead atoms. The van der Waals surface area contributed by atoms with Gasteiger partial charge in [-0.05, 0) is 18.6 Å². The Morgan fingerprint density at radius 1 is 1.11 bits per heavy atom. The number of carbonyl (C=O) groups excluding carboxylic acids is 2. The minimum Gasteiger partial charge on any atom is -0.423 e. The molecule has 1 saturated heterocycles. The predicted octanol–water partition coefficient (Wildman–Crippen LogP) is -0.978. The Hall–Kier alpha value is -2.82. The van der Waals surface area contributed by atoms with Crippen molar-refractivity contribution in [3.63, 3.8) is 0 Å². The third kappa shape index (κ3) is 3.18. The number of carbonyl (C=O) groups is 2. The normalized spacial score (nSPS) is 21.9. The molecule has 3 N–H and O–H groups in total. The predicted molar refractivity (Wildman–Crippen MR) is 95.4 cm³/mol. The Bertz CT molecular complexity index is 841. The highest BCUT2D eigenvalue weighted by Crippen LogP contribution is 2.28. The Balaban J connectivity index is 1.56. The molecule has 138 valence electrons. The van der Waals surface area contributed by atoms with Crippen LogP contribution in [0.4, 0.5) is 5.95 Å². The van der Waals surface area contributed by atoms with Gasteiger partial charge >= 0.3 is 7.12 Å². The van der Waals surface area contributed by atoms with Crippen molar-refractivity contribution in [3.8, 4) is 0 Å². The molecule has 0 unspecified atom stereocenters. The van der Waals surface area contributed by atoms with Crippen LogP contribution in [0.2, 0.25) is 0 Å². The standard InChI is InChI=1S/C17H17BN4O5/c23-15-11-3-1-2-4-12(11)16(24)22(15)14-5-6-27-9-13(14)21-17-19-7-10(8-20-17)18(25)26/h1-4,7-8,13-14,25-26H,5-6,9H2,(H,19,20,21)/t13-,14+/m1/s1. The van der Waals surface area contributed by atoms with Crippen LogP contribution in [0.5, 0.6) is 0 Å². The van der Waals surface area contributed by atoms with Gasteiger partial charge in [-0.15, -0.1) is 0 Å². The van der Waals surface area contributed by atoms with E-state index in [1.54, 1.807) is 24.3 Å². The first-order valence-corrected chi connectivity index (χ1v) is 8.55. The lowest BCUT2D eigenvalue weighted by Crippen LogP contribution is -2.54. The summed E-state index contributed by atoms with van der Waals surface area (Å²) in [5.74, 6) is -0.376. The summed E-state index contributed by atoms with van der Waals surface area (Å²) in [7, 11) is -1.65. The minimum atomic E-state index is -1.65. The van der Waals surface area contributed by atoms with Crippen molar-refractivity contribution in [2.45, 2.75) is 18.5 Å². The van der Waals surface area contributed by atoms with Crippen LogP contribution in [0.25, 0.3) is 0 Å². The van der Waals surface area contributed by atoms with E-state index in [0.717, 1.165) is 0 Å². The van der Waals surface area contributed by atoms with E-state index in [0.29, 0.717) is 24.2 Å². The third-order valence-corrected chi connectivity index (χ3v) is 4.76. The number of amides is 2. The molecule has 3 heterocycles. The molecule has 0 radical (unpaired) electrons. The molecule has 9 nitrogen and oxygen atoms in total. The zero-order chi connectivity index (χ0) is 19.0. The fourth-order valence-corrected chi connectivity index (χ4v) is 3.39. The van der Waals surface area contributed by atoms with Gasteiger partial charge in [-0.25, -0.2) is 9.97 Å². The van der Waals surface area contributed by atoms with Gasteiger partial charge in [0.1, 0.15) is 0 Å². The maximum atomic E-state index is 12.8. The molecule has 27 heavy (non-hydrogen) atoms. The van der Waals surface area contributed by atoms with E-state index in [-0.39, 0.29) is 35.9 Å². The molecule has 1 aromatic heterocycles. The van der Waals surface area contributed by atoms with Gasteiger partial charge in [0.15, 0.2) is 0 Å². The third-order valence-electron chi connectivity index (χ3n) is 4.76. The van der Waals surface area contributed by atoms with Crippen LogP contribution < -0.4 is 10.8 Å². The number of nitrogens with zero attached hydrogens (tertiary/aromatic N) is 3. The van der Waals surface area contributed by atoms with Gasteiger partial charge < -0.3 is 20.1 Å². The first-order chi connectivity index (χ1) is 13.1. The summed E-state index contributed by atoms with van der Waals surface area (Å²) in [5, 5.41) is 21.3. The monoisotopic (exact) mass is 368 g/mol. The van der Waals surface area contributed by atoms with Gasteiger partial charge in [0.05, 0.1) is 29.8 Å². The van der Waals surface area contributed by atoms with Crippen LogP contribution in [0.1, 0.15) is 27.1 Å². The summed E-state index contributed by atoms with van der Waals surface area (Å²) < 4.78 is 5.51. The minimum absolute atomic E-state index is 0.164. The topological polar surface area (TPSA) is 125 Å². The highest BCUT2D eigenvalue weighted by atomic mass is 16.5. The van der Waals surface area contributed by atoms with Gasteiger partial charge in [-0.1, -0.05) is 12.1 Å². The van der Waals surface area contributed by atoms with E-state index in [9.17, 15) is 9.59 Å². The Labute approximate surface area is 155 Å². The van der Waals surface area contributed by atoms with Crippen molar-refractivity contribution in [2.75, 3.05) is 18.5 Å². The average molecular weight is 368 g/mol. The molecule has 1 fully saturated rings. The quantitative estimate of drug-likeness (QED) is 0.465. The van der Waals surface area contributed by atoms with Crippen LogP contribution in [0, 0.1) is 0 Å². The smallest absolute Gasteiger partial charge is 0.423 e. The van der Waals surface area contributed by atoms with Gasteiger partial charge in [0.2, 0.25) is 5.95 Å². The van der Waals surface area contributed by atoms with Gasteiger partial charge in [0, 0.05) is 24.5 Å². The molecule has 2 aliphatic heterocycles. The van der Waals surface area contributed by atoms with Crippen LogP contribution >= 0.6 is 0 Å².